The van der Waals surface area contributed by atoms with E-state index in [1.54, 1.807) is 18.3 Å². The molecule has 0 radical (unpaired) electrons. The fourth-order valence-corrected chi connectivity index (χ4v) is 4.78. The number of ether oxygens (including phenoxy) is 1. The highest BCUT2D eigenvalue weighted by molar-refractivity contribution is 5.86. The number of piperidine rings is 1. The van der Waals surface area contributed by atoms with E-state index in [2.05, 4.69) is 54.6 Å². The molecule has 9 heteroatoms. The van der Waals surface area contributed by atoms with Crippen molar-refractivity contribution in [1.29, 1.82) is 0 Å². The number of pyridine rings is 1. The summed E-state index contributed by atoms with van der Waals surface area (Å²) in [5.41, 5.74) is 4.03. The lowest BCUT2D eigenvalue weighted by Crippen LogP contribution is -2.46. The predicted molar refractivity (Wildman–Crippen MR) is 150 cm³/mol. The van der Waals surface area contributed by atoms with E-state index < -0.39 is 6.09 Å². The van der Waals surface area contributed by atoms with Crippen LogP contribution in [0.3, 0.4) is 0 Å². The molecule has 5 rings (SSSR count). The van der Waals surface area contributed by atoms with Crippen molar-refractivity contribution in [3.63, 3.8) is 0 Å². The highest BCUT2D eigenvalue weighted by Crippen LogP contribution is 2.31. The standard InChI is InChI=1S/C29H34N6O3/c1-29(2,3)19-6-5-7-20(16-19)32-27-33-24-17-22(8-9-25(24)34(27)4)38-23-12-15-31-26(18-23)35(28(36)37)21-10-13-30-14-11-21/h5-9,12,15-18,21,30H,10-11,13-14H2,1-4H3,(H,32,33)(H,36,37). The summed E-state index contributed by atoms with van der Waals surface area (Å²) in [5, 5.41) is 16.6. The molecule has 0 aliphatic carbocycles. The Morgan fingerprint density at radius 1 is 1.11 bits per heavy atom. The number of hydrogen-bond acceptors (Lipinski definition) is 6. The molecule has 0 spiro atoms. The summed E-state index contributed by atoms with van der Waals surface area (Å²) in [6, 6.07) is 17.4. The summed E-state index contributed by atoms with van der Waals surface area (Å²) >= 11 is 0. The highest BCUT2D eigenvalue weighted by atomic mass is 16.5. The molecule has 198 valence electrons. The van der Waals surface area contributed by atoms with Crippen molar-refractivity contribution < 1.29 is 14.6 Å². The molecule has 1 fully saturated rings. The largest absolute Gasteiger partial charge is 0.465 e. The molecular weight excluding hydrogens is 480 g/mol. The minimum absolute atomic E-state index is 0.0538. The average Bonchev–Trinajstić information content (AvgIpc) is 3.18. The van der Waals surface area contributed by atoms with Crippen molar-refractivity contribution in [2.45, 2.75) is 45.1 Å². The Morgan fingerprint density at radius 3 is 2.61 bits per heavy atom. The Morgan fingerprint density at radius 2 is 1.87 bits per heavy atom. The van der Waals surface area contributed by atoms with Crippen LogP contribution in [0.25, 0.3) is 11.0 Å². The van der Waals surface area contributed by atoms with Crippen LogP contribution in [0.5, 0.6) is 11.5 Å². The third-order valence-corrected chi connectivity index (χ3v) is 6.92. The van der Waals surface area contributed by atoms with Crippen molar-refractivity contribution in [1.82, 2.24) is 19.9 Å². The minimum Gasteiger partial charge on any atom is -0.465 e. The van der Waals surface area contributed by atoms with Gasteiger partial charge in [-0.15, -0.1) is 0 Å². The Balaban J connectivity index is 1.37. The van der Waals surface area contributed by atoms with Gasteiger partial charge in [-0.25, -0.2) is 14.8 Å². The van der Waals surface area contributed by atoms with Crippen LogP contribution in [0.2, 0.25) is 0 Å². The monoisotopic (exact) mass is 514 g/mol. The molecule has 1 saturated heterocycles. The Labute approximate surface area is 222 Å². The van der Waals surface area contributed by atoms with E-state index in [4.69, 9.17) is 9.72 Å². The van der Waals surface area contributed by atoms with Crippen LogP contribution in [0.1, 0.15) is 39.2 Å². The number of nitrogens with one attached hydrogen (secondary N) is 2. The maximum absolute atomic E-state index is 12.1. The molecule has 0 bridgehead atoms. The topological polar surface area (TPSA) is 105 Å². The van der Waals surface area contributed by atoms with E-state index in [1.165, 1.54) is 10.5 Å². The number of hydrogen-bond donors (Lipinski definition) is 3. The summed E-state index contributed by atoms with van der Waals surface area (Å²) in [6.45, 7) is 8.16. The Kier molecular flexibility index (Phi) is 6.94. The second-order valence-corrected chi connectivity index (χ2v) is 10.7. The fourth-order valence-electron chi connectivity index (χ4n) is 4.78. The summed E-state index contributed by atoms with van der Waals surface area (Å²) in [4.78, 5) is 22.5. The smallest absolute Gasteiger partial charge is 0.413 e. The number of imidazole rings is 1. The van der Waals surface area contributed by atoms with Crippen LogP contribution in [0, 0.1) is 0 Å². The molecule has 0 atom stereocenters. The number of amides is 1. The first-order valence-electron chi connectivity index (χ1n) is 12.9. The van der Waals surface area contributed by atoms with Gasteiger partial charge in [0.25, 0.3) is 0 Å². The quantitative estimate of drug-likeness (QED) is 0.288. The van der Waals surface area contributed by atoms with Gasteiger partial charge in [-0.1, -0.05) is 32.9 Å². The van der Waals surface area contributed by atoms with Crippen molar-refractivity contribution >= 4 is 34.6 Å². The number of nitrogens with zero attached hydrogens (tertiary/aromatic N) is 4. The zero-order valence-corrected chi connectivity index (χ0v) is 22.2. The van der Waals surface area contributed by atoms with E-state index in [1.807, 2.05) is 35.9 Å². The lowest BCUT2D eigenvalue weighted by molar-refractivity contribution is 0.196. The maximum atomic E-state index is 12.1. The fraction of sp³-hybridized carbons (Fsp3) is 0.345. The molecule has 4 aromatic rings. The summed E-state index contributed by atoms with van der Waals surface area (Å²) < 4.78 is 8.13. The molecule has 3 heterocycles. The van der Waals surface area contributed by atoms with E-state index in [0.717, 1.165) is 48.6 Å². The number of aryl methyl sites for hydroxylation is 1. The van der Waals surface area contributed by atoms with Crippen LogP contribution in [0.4, 0.5) is 22.2 Å². The summed E-state index contributed by atoms with van der Waals surface area (Å²) in [5.74, 6) is 2.22. The molecule has 0 unspecified atom stereocenters. The second kappa shape index (κ2) is 10.3. The molecule has 1 aliphatic rings. The first kappa shape index (κ1) is 25.5. The normalized spacial score (nSPS) is 14.4. The third kappa shape index (κ3) is 5.43. The Bertz CT molecular complexity index is 1450. The van der Waals surface area contributed by atoms with Gasteiger partial charge in [-0.05, 0) is 67.2 Å². The van der Waals surface area contributed by atoms with E-state index in [0.29, 0.717) is 17.3 Å². The van der Waals surface area contributed by atoms with Gasteiger partial charge in [0.1, 0.15) is 17.3 Å². The van der Waals surface area contributed by atoms with Crippen molar-refractivity contribution in [2.75, 3.05) is 23.3 Å². The van der Waals surface area contributed by atoms with Crippen LogP contribution >= 0.6 is 0 Å². The molecule has 0 saturated carbocycles. The first-order chi connectivity index (χ1) is 18.2. The van der Waals surface area contributed by atoms with E-state index in [-0.39, 0.29) is 11.5 Å². The summed E-state index contributed by atoms with van der Waals surface area (Å²) in [6.07, 6.45) is 2.05. The van der Waals surface area contributed by atoms with Crippen molar-refractivity contribution in [2.24, 2.45) is 7.05 Å². The van der Waals surface area contributed by atoms with Crippen LogP contribution in [-0.2, 0) is 12.5 Å². The van der Waals surface area contributed by atoms with Crippen molar-refractivity contribution in [3.8, 4) is 11.5 Å². The van der Waals surface area contributed by atoms with Crippen molar-refractivity contribution in [3.05, 3.63) is 66.4 Å². The molecule has 1 aliphatic heterocycles. The molecule has 3 N–H and O–H groups in total. The number of aromatic nitrogens is 3. The second-order valence-electron chi connectivity index (χ2n) is 10.7. The van der Waals surface area contributed by atoms with E-state index >= 15 is 0 Å². The SMILES string of the molecule is Cn1c(Nc2cccc(C(C)(C)C)c2)nc2cc(Oc3ccnc(N(C(=O)O)C4CCNCC4)c3)ccc21. The van der Waals surface area contributed by atoms with Gasteiger partial charge in [-0.3, -0.25) is 4.90 Å². The molecule has 2 aromatic carbocycles. The van der Waals surface area contributed by atoms with Crippen LogP contribution in [-0.4, -0.2) is 44.9 Å². The number of anilines is 3. The number of carbonyl (C=O) groups is 1. The van der Waals surface area contributed by atoms with Crippen LogP contribution < -0.4 is 20.3 Å². The predicted octanol–water partition coefficient (Wildman–Crippen LogP) is 6.04. The van der Waals surface area contributed by atoms with E-state index in [9.17, 15) is 9.90 Å². The third-order valence-electron chi connectivity index (χ3n) is 6.92. The molecule has 2 aromatic heterocycles. The zero-order valence-electron chi connectivity index (χ0n) is 22.2. The maximum Gasteiger partial charge on any atom is 0.413 e. The zero-order chi connectivity index (χ0) is 26.9. The number of benzene rings is 2. The van der Waals surface area contributed by atoms with Gasteiger partial charge in [0.05, 0.1) is 11.0 Å². The van der Waals surface area contributed by atoms with Gasteiger partial charge in [-0.2, -0.15) is 0 Å². The number of fused-ring (bicyclic) bond motifs is 1. The van der Waals surface area contributed by atoms with Gasteiger partial charge in [0, 0.05) is 37.1 Å². The molecule has 9 nitrogen and oxygen atoms in total. The highest BCUT2D eigenvalue weighted by Gasteiger charge is 2.27. The molecule has 38 heavy (non-hydrogen) atoms. The lowest BCUT2D eigenvalue weighted by Gasteiger charge is -2.31. The summed E-state index contributed by atoms with van der Waals surface area (Å²) in [7, 11) is 1.97. The average molecular weight is 515 g/mol. The van der Waals surface area contributed by atoms with Gasteiger partial charge < -0.3 is 25.0 Å². The lowest BCUT2D eigenvalue weighted by atomic mass is 9.87. The Hall–Kier alpha value is -4.11. The van der Waals surface area contributed by atoms with Gasteiger partial charge in [0.15, 0.2) is 0 Å². The minimum atomic E-state index is -1.01. The van der Waals surface area contributed by atoms with Gasteiger partial charge >= 0.3 is 6.09 Å². The number of rotatable bonds is 6. The number of carboxylic acid groups (broad SMARTS) is 1. The molecule has 1 amide bonds. The molecular formula is C29H34N6O3. The van der Waals surface area contributed by atoms with Gasteiger partial charge in [0.2, 0.25) is 5.95 Å². The van der Waals surface area contributed by atoms with Crippen LogP contribution in [0.15, 0.2) is 60.8 Å². The first-order valence-corrected chi connectivity index (χ1v) is 12.9.